The molecule has 5 rings (SSSR count). The Hall–Kier alpha value is -3.29. The third-order valence-corrected chi connectivity index (χ3v) is 6.01. The van der Waals surface area contributed by atoms with Crippen LogP contribution in [0.15, 0.2) is 64.2 Å². The van der Waals surface area contributed by atoms with E-state index in [4.69, 9.17) is 16.3 Å². The van der Waals surface area contributed by atoms with E-state index < -0.39 is 0 Å². The lowest BCUT2D eigenvalue weighted by Gasteiger charge is -2.29. The molecule has 158 valence electrons. The van der Waals surface area contributed by atoms with Crippen molar-refractivity contribution in [2.75, 3.05) is 31.2 Å². The average molecular weight is 437 g/mol. The van der Waals surface area contributed by atoms with Gasteiger partial charge in [0, 0.05) is 37.5 Å². The number of fused-ring (bicyclic) bond motifs is 1. The third-order valence-electron chi connectivity index (χ3n) is 5.69. The van der Waals surface area contributed by atoms with Crippen LogP contribution in [0.1, 0.15) is 0 Å². The molecule has 1 fully saturated rings. The van der Waals surface area contributed by atoms with Crippen LogP contribution in [0.25, 0.3) is 27.8 Å². The van der Waals surface area contributed by atoms with Gasteiger partial charge in [-0.2, -0.15) is 0 Å². The van der Waals surface area contributed by atoms with Crippen molar-refractivity contribution in [3.05, 3.63) is 80.3 Å². The zero-order valence-corrected chi connectivity index (χ0v) is 17.7. The van der Waals surface area contributed by atoms with Crippen LogP contribution in [0.5, 0.6) is 0 Å². The minimum Gasteiger partial charge on any atom is -0.378 e. The highest BCUT2D eigenvalue weighted by atomic mass is 35.5. The number of nitrogens with zero attached hydrogens (tertiary/aromatic N) is 3. The number of para-hydroxylation sites is 1. The van der Waals surface area contributed by atoms with Gasteiger partial charge in [0.25, 0.3) is 11.1 Å². The van der Waals surface area contributed by atoms with E-state index in [1.54, 1.807) is 23.9 Å². The lowest BCUT2D eigenvalue weighted by molar-refractivity contribution is 0.122. The van der Waals surface area contributed by atoms with E-state index in [0.29, 0.717) is 40.5 Å². The van der Waals surface area contributed by atoms with Crippen LogP contribution >= 0.6 is 11.6 Å². The minimum atomic E-state index is -0.280. The van der Waals surface area contributed by atoms with Gasteiger partial charge in [-0.25, -0.2) is 0 Å². The van der Waals surface area contributed by atoms with Crippen LogP contribution in [0, 0.1) is 0 Å². The number of aromatic amines is 1. The fourth-order valence-electron chi connectivity index (χ4n) is 4.14. The molecule has 8 heteroatoms. The molecule has 0 radical (unpaired) electrons. The first-order chi connectivity index (χ1) is 15.0. The Kier molecular flexibility index (Phi) is 4.92. The summed E-state index contributed by atoms with van der Waals surface area (Å²) in [6.07, 6.45) is 0. The smallest absolute Gasteiger partial charge is 0.274 e. The fourth-order valence-corrected chi connectivity index (χ4v) is 4.36. The van der Waals surface area contributed by atoms with Gasteiger partial charge in [0.2, 0.25) is 0 Å². The highest BCUT2D eigenvalue weighted by Gasteiger charge is 2.20. The molecule has 0 atom stereocenters. The molecular formula is C23H21ClN4O3. The molecule has 0 spiro atoms. The van der Waals surface area contributed by atoms with Crippen LogP contribution in [0.2, 0.25) is 5.02 Å². The lowest BCUT2D eigenvalue weighted by atomic mass is 10.1. The van der Waals surface area contributed by atoms with E-state index >= 15 is 0 Å². The van der Waals surface area contributed by atoms with Gasteiger partial charge in [-0.05, 0) is 24.3 Å². The van der Waals surface area contributed by atoms with Crippen molar-refractivity contribution in [2.24, 2.45) is 7.05 Å². The van der Waals surface area contributed by atoms with Crippen molar-refractivity contribution < 1.29 is 4.74 Å². The molecule has 1 aliphatic rings. The van der Waals surface area contributed by atoms with E-state index in [9.17, 15) is 9.59 Å². The Balaban J connectivity index is 1.75. The summed E-state index contributed by atoms with van der Waals surface area (Å²) in [6, 6.07) is 16.6. The Morgan fingerprint density at radius 3 is 2.55 bits per heavy atom. The second-order valence-corrected chi connectivity index (χ2v) is 7.94. The second kappa shape index (κ2) is 7.76. The largest absolute Gasteiger partial charge is 0.378 e. The summed E-state index contributed by atoms with van der Waals surface area (Å²) in [5.41, 5.74) is 3.02. The van der Waals surface area contributed by atoms with Crippen LogP contribution in [0.4, 0.5) is 5.69 Å². The topological polar surface area (TPSA) is 72.3 Å². The summed E-state index contributed by atoms with van der Waals surface area (Å²) < 4.78 is 8.55. The van der Waals surface area contributed by atoms with Crippen molar-refractivity contribution in [3.63, 3.8) is 0 Å². The molecular weight excluding hydrogens is 416 g/mol. The standard InChI is InChI=1S/C23H21ClN4O3/c1-26-20(29)14-19-21(23(30)25-28(19)18-8-3-2-7-17(18)24)22(26)15-5-4-6-16(13-15)27-9-11-31-12-10-27/h2-8,13-14H,9-12H2,1H3,(H,25,30). The van der Waals surface area contributed by atoms with E-state index in [0.717, 1.165) is 24.3 Å². The summed E-state index contributed by atoms with van der Waals surface area (Å²) in [5.74, 6) is 0. The summed E-state index contributed by atoms with van der Waals surface area (Å²) in [5, 5.41) is 3.77. The molecule has 0 saturated carbocycles. The average Bonchev–Trinajstić information content (AvgIpc) is 3.11. The summed E-state index contributed by atoms with van der Waals surface area (Å²) >= 11 is 6.36. The predicted octanol–water partition coefficient (Wildman–Crippen LogP) is 3.17. The molecule has 7 nitrogen and oxygen atoms in total. The number of nitrogens with one attached hydrogen (secondary N) is 1. The van der Waals surface area contributed by atoms with Gasteiger partial charge in [0.1, 0.15) is 0 Å². The van der Waals surface area contributed by atoms with Crippen molar-refractivity contribution in [2.45, 2.75) is 0 Å². The Bertz CT molecular complexity index is 1400. The molecule has 4 aromatic rings. The molecule has 2 aromatic carbocycles. The highest BCUT2D eigenvalue weighted by Crippen LogP contribution is 2.30. The van der Waals surface area contributed by atoms with Crippen LogP contribution in [-0.4, -0.2) is 40.7 Å². The summed E-state index contributed by atoms with van der Waals surface area (Å²) in [7, 11) is 1.69. The number of hydrogen-bond donors (Lipinski definition) is 1. The minimum absolute atomic E-state index is 0.209. The van der Waals surface area contributed by atoms with Gasteiger partial charge in [-0.3, -0.25) is 19.4 Å². The van der Waals surface area contributed by atoms with Crippen LogP contribution < -0.4 is 16.0 Å². The number of hydrogen-bond acceptors (Lipinski definition) is 4. The SMILES string of the molecule is Cn1c(-c2cccc(N3CCOCC3)c2)c2c(=O)[nH]n(-c3ccccc3Cl)c2cc1=O. The quantitative estimate of drug-likeness (QED) is 0.535. The number of anilines is 1. The number of benzene rings is 2. The van der Waals surface area contributed by atoms with E-state index in [1.807, 2.05) is 36.4 Å². The Morgan fingerprint density at radius 2 is 1.77 bits per heavy atom. The molecule has 1 N–H and O–H groups in total. The van der Waals surface area contributed by atoms with Gasteiger partial charge in [-0.15, -0.1) is 0 Å². The summed E-state index contributed by atoms with van der Waals surface area (Å²) in [4.78, 5) is 28.2. The number of ether oxygens (including phenoxy) is 1. The normalized spacial score (nSPS) is 14.3. The van der Waals surface area contributed by atoms with Gasteiger partial charge < -0.3 is 14.2 Å². The van der Waals surface area contributed by atoms with Crippen molar-refractivity contribution in [1.82, 2.24) is 14.3 Å². The van der Waals surface area contributed by atoms with Gasteiger partial charge >= 0.3 is 0 Å². The number of H-pyrrole nitrogens is 1. The number of pyridine rings is 1. The van der Waals surface area contributed by atoms with Crippen molar-refractivity contribution in [3.8, 4) is 16.9 Å². The molecule has 0 aliphatic carbocycles. The molecule has 3 heterocycles. The Labute approximate surface area is 183 Å². The molecule has 1 aliphatic heterocycles. The van der Waals surface area contributed by atoms with Crippen molar-refractivity contribution in [1.29, 1.82) is 0 Å². The molecule has 0 amide bonds. The maximum atomic E-state index is 13.1. The van der Waals surface area contributed by atoms with Gasteiger partial charge in [-0.1, -0.05) is 35.9 Å². The number of rotatable bonds is 3. The number of aromatic nitrogens is 3. The maximum absolute atomic E-state index is 13.1. The Morgan fingerprint density at radius 1 is 1.00 bits per heavy atom. The fraction of sp³-hybridized carbons (Fsp3) is 0.217. The maximum Gasteiger partial charge on any atom is 0.274 e. The molecule has 2 aromatic heterocycles. The van der Waals surface area contributed by atoms with E-state index in [2.05, 4.69) is 10.00 Å². The summed E-state index contributed by atoms with van der Waals surface area (Å²) in [6.45, 7) is 2.96. The molecule has 31 heavy (non-hydrogen) atoms. The molecule has 1 saturated heterocycles. The predicted molar refractivity (Wildman–Crippen MR) is 123 cm³/mol. The van der Waals surface area contributed by atoms with Gasteiger partial charge in [0.15, 0.2) is 0 Å². The van der Waals surface area contributed by atoms with Crippen molar-refractivity contribution >= 4 is 28.2 Å². The van der Waals surface area contributed by atoms with E-state index in [-0.39, 0.29) is 11.1 Å². The monoisotopic (exact) mass is 436 g/mol. The third kappa shape index (κ3) is 3.36. The first-order valence-corrected chi connectivity index (χ1v) is 10.4. The zero-order valence-electron chi connectivity index (χ0n) is 17.0. The highest BCUT2D eigenvalue weighted by molar-refractivity contribution is 6.32. The molecule has 0 unspecified atom stereocenters. The second-order valence-electron chi connectivity index (χ2n) is 7.53. The number of halogens is 1. The first kappa shape index (κ1) is 19.7. The first-order valence-electron chi connectivity index (χ1n) is 10.1. The van der Waals surface area contributed by atoms with Crippen LogP contribution in [0.3, 0.4) is 0 Å². The van der Waals surface area contributed by atoms with Gasteiger partial charge in [0.05, 0.1) is 40.5 Å². The van der Waals surface area contributed by atoms with Crippen LogP contribution in [-0.2, 0) is 11.8 Å². The lowest BCUT2D eigenvalue weighted by Crippen LogP contribution is -2.36. The number of morpholine rings is 1. The zero-order chi connectivity index (χ0) is 21.5. The van der Waals surface area contributed by atoms with E-state index in [1.165, 1.54) is 10.6 Å². The molecule has 0 bridgehead atoms.